The number of carbonyl (C=O) groups excluding carboxylic acids is 1. The first kappa shape index (κ1) is 17.0. The van der Waals surface area contributed by atoms with Crippen molar-refractivity contribution in [3.63, 3.8) is 0 Å². The molecule has 1 N–H and O–H groups in total. The number of nitrogens with zero attached hydrogens (tertiary/aromatic N) is 4. The lowest BCUT2D eigenvalue weighted by Crippen LogP contribution is -2.50. The Morgan fingerprint density at radius 3 is 2.07 bits per heavy atom. The number of nitrogens with one attached hydrogen (secondary N) is 1. The van der Waals surface area contributed by atoms with Crippen LogP contribution in [0, 0.1) is 0 Å². The average Bonchev–Trinajstić information content (AvgIpc) is 2.76. The number of rotatable bonds is 3. The fourth-order valence-corrected chi connectivity index (χ4v) is 3.14. The number of amides is 2. The van der Waals surface area contributed by atoms with E-state index in [9.17, 15) is 4.79 Å². The fourth-order valence-electron chi connectivity index (χ4n) is 3.14. The smallest absolute Gasteiger partial charge is 0.321 e. The van der Waals surface area contributed by atoms with Gasteiger partial charge in [-0.3, -0.25) is 0 Å². The topological polar surface area (TPSA) is 61.4 Å². The molecule has 6 nitrogen and oxygen atoms in total. The molecule has 0 aliphatic carbocycles. The Labute approximate surface area is 158 Å². The van der Waals surface area contributed by atoms with E-state index in [4.69, 9.17) is 0 Å². The Morgan fingerprint density at radius 2 is 1.41 bits per heavy atom. The van der Waals surface area contributed by atoms with Crippen LogP contribution in [0.4, 0.5) is 16.4 Å². The summed E-state index contributed by atoms with van der Waals surface area (Å²) < 4.78 is 0. The van der Waals surface area contributed by atoms with Crippen LogP contribution in [-0.4, -0.2) is 47.1 Å². The van der Waals surface area contributed by atoms with Crippen molar-refractivity contribution < 1.29 is 4.79 Å². The van der Waals surface area contributed by atoms with E-state index in [1.165, 1.54) is 0 Å². The number of carbonyl (C=O) groups is 1. The minimum atomic E-state index is -0.0731. The van der Waals surface area contributed by atoms with Crippen LogP contribution in [0.15, 0.2) is 73.1 Å². The second-order valence-electron chi connectivity index (χ2n) is 6.40. The van der Waals surface area contributed by atoms with E-state index in [2.05, 4.69) is 32.3 Å². The summed E-state index contributed by atoms with van der Waals surface area (Å²) in [5, 5.41) is 2.98. The van der Waals surface area contributed by atoms with Crippen molar-refractivity contribution in [1.29, 1.82) is 0 Å². The van der Waals surface area contributed by atoms with Crippen LogP contribution >= 0.6 is 0 Å². The zero-order valence-electron chi connectivity index (χ0n) is 15.0. The SMILES string of the molecule is O=C(Nc1ccc(-c2ccccc2)cc1)N1CCN(c2ncccn2)CC1. The molecule has 1 saturated heterocycles. The highest BCUT2D eigenvalue weighted by molar-refractivity contribution is 5.89. The Bertz CT molecular complexity index is 875. The van der Waals surface area contributed by atoms with Gasteiger partial charge in [0.05, 0.1) is 0 Å². The Hall–Kier alpha value is -3.41. The van der Waals surface area contributed by atoms with Crippen molar-refractivity contribution in [3.8, 4) is 11.1 Å². The maximum atomic E-state index is 12.5. The lowest BCUT2D eigenvalue weighted by molar-refractivity contribution is 0.208. The van der Waals surface area contributed by atoms with Gasteiger partial charge in [0.15, 0.2) is 0 Å². The van der Waals surface area contributed by atoms with Crippen molar-refractivity contribution >= 4 is 17.7 Å². The van der Waals surface area contributed by atoms with Crippen molar-refractivity contribution in [2.45, 2.75) is 0 Å². The largest absolute Gasteiger partial charge is 0.337 e. The molecule has 2 amide bonds. The molecule has 6 heteroatoms. The average molecular weight is 359 g/mol. The first-order valence-corrected chi connectivity index (χ1v) is 9.03. The number of piperazine rings is 1. The Morgan fingerprint density at radius 1 is 0.778 bits per heavy atom. The van der Waals surface area contributed by atoms with E-state index in [0.29, 0.717) is 19.0 Å². The normalized spacial score (nSPS) is 14.1. The number of benzene rings is 2. The zero-order chi connectivity index (χ0) is 18.5. The van der Waals surface area contributed by atoms with Crippen LogP contribution in [0.25, 0.3) is 11.1 Å². The summed E-state index contributed by atoms with van der Waals surface area (Å²) in [6, 6.07) is 19.8. The zero-order valence-corrected chi connectivity index (χ0v) is 15.0. The third-order valence-electron chi connectivity index (χ3n) is 4.65. The highest BCUT2D eigenvalue weighted by Crippen LogP contribution is 2.21. The van der Waals surface area contributed by atoms with E-state index in [0.717, 1.165) is 29.9 Å². The molecule has 1 aromatic heterocycles. The lowest BCUT2D eigenvalue weighted by atomic mass is 10.1. The third-order valence-corrected chi connectivity index (χ3v) is 4.65. The first-order chi connectivity index (χ1) is 13.3. The summed E-state index contributed by atoms with van der Waals surface area (Å²) in [5.41, 5.74) is 3.09. The van der Waals surface area contributed by atoms with Gasteiger partial charge in [-0.15, -0.1) is 0 Å². The van der Waals surface area contributed by atoms with Crippen LogP contribution in [0.3, 0.4) is 0 Å². The lowest BCUT2D eigenvalue weighted by Gasteiger charge is -2.34. The summed E-state index contributed by atoms with van der Waals surface area (Å²) in [5.74, 6) is 0.717. The number of hydrogen-bond donors (Lipinski definition) is 1. The van der Waals surface area contributed by atoms with Crippen molar-refractivity contribution in [2.24, 2.45) is 0 Å². The van der Waals surface area contributed by atoms with Gasteiger partial charge in [-0.05, 0) is 29.3 Å². The summed E-state index contributed by atoms with van der Waals surface area (Å²) in [6.07, 6.45) is 3.47. The van der Waals surface area contributed by atoms with Gasteiger partial charge in [0.1, 0.15) is 0 Å². The third kappa shape index (κ3) is 4.06. The van der Waals surface area contributed by atoms with Crippen molar-refractivity contribution in [1.82, 2.24) is 14.9 Å². The summed E-state index contributed by atoms with van der Waals surface area (Å²) in [6.45, 7) is 2.74. The first-order valence-electron chi connectivity index (χ1n) is 9.03. The van der Waals surface area contributed by atoms with Crippen LogP contribution in [0.1, 0.15) is 0 Å². The molecule has 1 aliphatic heterocycles. The molecule has 27 heavy (non-hydrogen) atoms. The Balaban J connectivity index is 1.33. The summed E-state index contributed by atoms with van der Waals surface area (Å²) in [7, 11) is 0. The molecule has 0 atom stereocenters. The van der Waals surface area contributed by atoms with Gasteiger partial charge >= 0.3 is 6.03 Å². The molecule has 2 aromatic carbocycles. The minimum absolute atomic E-state index is 0.0731. The fraction of sp³-hybridized carbons (Fsp3) is 0.190. The van der Waals surface area contributed by atoms with Gasteiger partial charge in [-0.1, -0.05) is 42.5 Å². The molecule has 136 valence electrons. The molecular formula is C21H21N5O. The van der Waals surface area contributed by atoms with Gasteiger partial charge in [-0.25, -0.2) is 14.8 Å². The molecule has 0 radical (unpaired) electrons. The number of urea groups is 1. The predicted octanol–water partition coefficient (Wildman–Crippen LogP) is 3.50. The molecule has 0 saturated carbocycles. The summed E-state index contributed by atoms with van der Waals surface area (Å²) in [4.78, 5) is 25.0. The monoisotopic (exact) mass is 359 g/mol. The van der Waals surface area contributed by atoms with Gasteiger partial charge in [-0.2, -0.15) is 0 Å². The van der Waals surface area contributed by atoms with Crippen molar-refractivity contribution in [2.75, 3.05) is 36.4 Å². The van der Waals surface area contributed by atoms with E-state index in [1.807, 2.05) is 47.4 Å². The quantitative estimate of drug-likeness (QED) is 0.777. The van der Waals surface area contributed by atoms with E-state index < -0.39 is 0 Å². The van der Waals surface area contributed by atoms with E-state index in [-0.39, 0.29) is 6.03 Å². The van der Waals surface area contributed by atoms with E-state index in [1.54, 1.807) is 18.5 Å². The van der Waals surface area contributed by atoms with Crippen LogP contribution in [0.5, 0.6) is 0 Å². The molecular weight excluding hydrogens is 338 g/mol. The standard InChI is InChI=1S/C21H21N5O/c27-21(26-15-13-25(14-16-26)20-22-11-4-12-23-20)24-19-9-7-18(8-10-19)17-5-2-1-3-6-17/h1-12H,13-16H2,(H,24,27). The minimum Gasteiger partial charge on any atom is -0.337 e. The molecule has 1 fully saturated rings. The maximum Gasteiger partial charge on any atom is 0.321 e. The summed E-state index contributed by atoms with van der Waals surface area (Å²) >= 11 is 0. The molecule has 0 unspecified atom stereocenters. The van der Waals surface area contributed by atoms with Gasteiger partial charge < -0.3 is 15.1 Å². The maximum absolute atomic E-state index is 12.5. The number of aromatic nitrogens is 2. The van der Waals surface area contributed by atoms with E-state index >= 15 is 0 Å². The molecule has 2 heterocycles. The molecule has 0 bridgehead atoms. The molecule has 4 rings (SSSR count). The van der Waals surface area contributed by atoms with Crippen molar-refractivity contribution in [3.05, 3.63) is 73.1 Å². The van der Waals surface area contributed by atoms with Crippen LogP contribution in [0.2, 0.25) is 0 Å². The predicted molar refractivity (Wildman–Crippen MR) is 107 cm³/mol. The van der Waals surface area contributed by atoms with Crippen LogP contribution in [-0.2, 0) is 0 Å². The highest BCUT2D eigenvalue weighted by Gasteiger charge is 2.22. The van der Waals surface area contributed by atoms with Gasteiger partial charge in [0.2, 0.25) is 5.95 Å². The molecule has 3 aromatic rings. The second kappa shape index (κ2) is 7.86. The highest BCUT2D eigenvalue weighted by atomic mass is 16.2. The molecule has 0 spiro atoms. The van der Waals surface area contributed by atoms with Gasteiger partial charge in [0, 0.05) is 44.3 Å². The second-order valence-corrected chi connectivity index (χ2v) is 6.40. The molecule has 1 aliphatic rings. The Kier molecular flexibility index (Phi) is 4.96. The van der Waals surface area contributed by atoms with Crippen LogP contribution < -0.4 is 10.2 Å². The number of anilines is 2. The number of hydrogen-bond acceptors (Lipinski definition) is 4. The van der Waals surface area contributed by atoms with Gasteiger partial charge in [0.25, 0.3) is 0 Å².